The number of alkyl halides is 2. The molecule has 0 aliphatic rings. The third kappa shape index (κ3) is 3.05. The topological polar surface area (TPSA) is 34.1 Å². The van der Waals surface area contributed by atoms with Crippen LogP contribution in [0.1, 0.15) is 0 Å². The minimum atomic E-state index is -3.00. The molecule has 0 saturated heterocycles. The Bertz CT molecular complexity index is 338. The van der Waals surface area contributed by atoms with E-state index in [4.69, 9.17) is 0 Å². The molecule has 1 aromatic rings. The van der Waals surface area contributed by atoms with Gasteiger partial charge in [0.2, 0.25) is 0 Å². The molecule has 0 N–H and O–H groups in total. The van der Waals surface area contributed by atoms with E-state index in [0.29, 0.717) is 3.57 Å². The van der Waals surface area contributed by atoms with Crippen LogP contribution in [0.5, 0.6) is 0 Å². The Morgan fingerprint density at radius 2 is 1.47 bits per heavy atom. The second-order valence-corrected chi connectivity index (χ2v) is 7.83. The molecule has 15 heavy (non-hydrogen) atoms. The Kier molecular flexibility index (Phi) is 4.80. The van der Waals surface area contributed by atoms with Gasteiger partial charge in [0.05, 0.1) is 0 Å². The van der Waals surface area contributed by atoms with Gasteiger partial charge in [0.15, 0.2) is 0 Å². The zero-order valence-electron chi connectivity index (χ0n) is 7.75. The maximum absolute atomic E-state index is 12.2. The predicted molar refractivity (Wildman–Crippen MR) is 61.1 cm³/mol. The monoisotopic (exact) mass is 326 g/mol. The molecule has 2 nitrogen and oxygen atoms in total. The number of rotatable bonds is 5. The van der Waals surface area contributed by atoms with Gasteiger partial charge in [-0.1, -0.05) is 0 Å². The molecule has 0 unspecified atom stereocenters. The van der Waals surface area contributed by atoms with Crippen LogP contribution in [0.4, 0.5) is 8.78 Å². The number of carbonyl (C=O) groups is 2. The molecule has 0 spiro atoms. The predicted octanol–water partition coefficient (Wildman–Crippen LogP) is 2.35. The molecule has 0 aliphatic carbocycles. The molecule has 0 atom stereocenters. The first-order valence-corrected chi connectivity index (χ1v) is 7.36. The van der Waals surface area contributed by atoms with Crippen LogP contribution in [0.2, 0.25) is 0 Å². The maximum atomic E-state index is 12.2. The Balaban J connectivity index is 3.02. The van der Waals surface area contributed by atoms with E-state index in [9.17, 15) is 18.4 Å². The summed E-state index contributed by atoms with van der Waals surface area (Å²) in [5.74, 6) is 0. The summed E-state index contributed by atoms with van der Waals surface area (Å²) in [6.45, 7) is -2.38. The molecule has 0 radical (unpaired) electrons. The molecule has 1 aromatic carbocycles. The average Bonchev–Trinajstić information content (AvgIpc) is 2.30. The summed E-state index contributed by atoms with van der Waals surface area (Å²) in [5, 5.41) is 0. The Morgan fingerprint density at radius 1 is 1.00 bits per heavy atom. The molecule has 0 aromatic heterocycles. The van der Waals surface area contributed by atoms with Crippen molar-refractivity contribution in [2.24, 2.45) is 0 Å². The normalized spacial score (nSPS) is 10.9. The van der Waals surface area contributed by atoms with Crippen molar-refractivity contribution in [3.8, 4) is 0 Å². The second-order valence-electron chi connectivity index (χ2n) is 2.56. The van der Waals surface area contributed by atoms with Crippen molar-refractivity contribution in [3.63, 3.8) is 0 Å². The summed E-state index contributed by atoms with van der Waals surface area (Å²) in [6, 6.07) is 8.17. The number of carbonyl (C=O) groups excluding carboxylic acids is 2. The summed E-state index contributed by atoms with van der Waals surface area (Å²) in [5.41, 5.74) is 0. The van der Waals surface area contributed by atoms with Gasteiger partial charge in [0, 0.05) is 0 Å². The van der Waals surface area contributed by atoms with Crippen molar-refractivity contribution in [3.05, 3.63) is 33.9 Å². The summed E-state index contributed by atoms with van der Waals surface area (Å²) >= 11 is -3.00. The summed E-state index contributed by atoms with van der Waals surface area (Å²) < 4.78 is 23.5. The molecule has 1 rings (SSSR count). The van der Waals surface area contributed by atoms with Gasteiger partial charge < -0.3 is 0 Å². The van der Waals surface area contributed by atoms with E-state index in [1.54, 1.807) is 30.3 Å². The SMILES string of the molecule is O=C(CF)I(C(=O)CF)c1ccccc1. The Labute approximate surface area is 93.1 Å². The van der Waals surface area contributed by atoms with Crippen LogP contribution in [-0.2, 0) is 9.59 Å². The minimum absolute atomic E-state index is 0.493. The zero-order valence-corrected chi connectivity index (χ0v) is 9.91. The van der Waals surface area contributed by atoms with Crippen LogP contribution >= 0.6 is 19.8 Å². The van der Waals surface area contributed by atoms with Crippen LogP contribution in [0.3, 0.4) is 0 Å². The fourth-order valence-electron chi connectivity index (χ4n) is 1.00. The van der Waals surface area contributed by atoms with Crippen LogP contribution in [0, 0.1) is 3.57 Å². The van der Waals surface area contributed by atoms with E-state index in [0.717, 1.165) is 0 Å². The molecular formula is C10H9F2IO2. The van der Waals surface area contributed by atoms with E-state index in [1.165, 1.54) is 0 Å². The van der Waals surface area contributed by atoms with Crippen LogP contribution in [0.25, 0.3) is 0 Å². The third-order valence-electron chi connectivity index (χ3n) is 1.58. The number of hydrogen-bond acceptors (Lipinski definition) is 2. The van der Waals surface area contributed by atoms with Gasteiger partial charge in [0.1, 0.15) is 0 Å². The molecule has 0 aliphatic heterocycles. The van der Waals surface area contributed by atoms with Gasteiger partial charge >= 0.3 is 93.0 Å². The quantitative estimate of drug-likeness (QED) is 0.615. The van der Waals surface area contributed by atoms with Crippen LogP contribution in [-0.4, -0.2) is 20.9 Å². The molecule has 0 saturated carbocycles. The Hall–Kier alpha value is -0.850. The molecule has 0 bridgehead atoms. The van der Waals surface area contributed by atoms with Crippen molar-refractivity contribution in [1.29, 1.82) is 0 Å². The number of hydrogen-bond donors (Lipinski definition) is 0. The van der Waals surface area contributed by atoms with Gasteiger partial charge in [-0.15, -0.1) is 0 Å². The summed E-state index contributed by atoms with van der Waals surface area (Å²) in [6.07, 6.45) is 0. The molecule has 0 amide bonds. The summed E-state index contributed by atoms with van der Waals surface area (Å²) in [4.78, 5) is 22.4. The van der Waals surface area contributed by atoms with Crippen molar-refractivity contribution < 1.29 is 18.4 Å². The Morgan fingerprint density at radius 3 is 1.87 bits per heavy atom. The van der Waals surface area contributed by atoms with Crippen molar-refractivity contribution in [1.82, 2.24) is 0 Å². The van der Waals surface area contributed by atoms with Gasteiger partial charge in [-0.3, -0.25) is 0 Å². The first-order valence-electron chi connectivity index (χ1n) is 4.13. The van der Waals surface area contributed by atoms with E-state index in [-0.39, 0.29) is 0 Å². The van der Waals surface area contributed by atoms with E-state index >= 15 is 0 Å². The zero-order chi connectivity index (χ0) is 11.3. The average molecular weight is 326 g/mol. The van der Waals surface area contributed by atoms with E-state index in [2.05, 4.69) is 0 Å². The van der Waals surface area contributed by atoms with Gasteiger partial charge in [-0.2, -0.15) is 0 Å². The van der Waals surface area contributed by atoms with E-state index < -0.39 is 40.7 Å². The summed E-state index contributed by atoms with van der Waals surface area (Å²) in [7, 11) is 0. The molecule has 82 valence electrons. The van der Waals surface area contributed by atoms with Gasteiger partial charge in [-0.05, 0) is 0 Å². The fourth-order valence-corrected chi connectivity index (χ4v) is 4.77. The molecule has 0 fully saturated rings. The standard InChI is InChI=1S/C10H9F2IO2/c11-6-9(14)13(10(15)7-12)8-4-2-1-3-5-8/h1-5H,6-7H2. The third-order valence-corrected chi connectivity index (χ3v) is 6.53. The van der Waals surface area contributed by atoms with Crippen molar-refractivity contribution in [2.75, 3.05) is 13.3 Å². The number of benzene rings is 1. The van der Waals surface area contributed by atoms with E-state index in [1.807, 2.05) is 0 Å². The van der Waals surface area contributed by atoms with Crippen molar-refractivity contribution >= 4 is 27.4 Å². The number of halogens is 3. The van der Waals surface area contributed by atoms with Crippen molar-refractivity contribution in [2.45, 2.75) is 0 Å². The fraction of sp³-hybridized carbons (Fsp3) is 0.200. The second kappa shape index (κ2) is 5.89. The molecule has 5 heteroatoms. The molecular weight excluding hydrogens is 317 g/mol. The first kappa shape index (κ1) is 12.2. The van der Waals surface area contributed by atoms with Crippen LogP contribution < -0.4 is 0 Å². The van der Waals surface area contributed by atoms with Gasteiger partial charge in [0.25, 0.3) is 0 Å². The van der Waals surface area contributed by atoms with Crippen LogP contribution in [0.15, 0.2) is 30.3 Å². The molecule has 0 heterocycles. The first-order chi connectivity index (χ1) is 7.20. The van der Waals surface area contributed by atoms with Gasteiger partial charge in [-0.25, -0.2) is 0 Å².